The van der Waals surface area contributed by atoms with Crippen molar-refractivity contribution < 1.29 is 9.53 Å². The standard InChI is InChI=1S/C20H20N2O2/c23-20(19-10-14-6-7-16(19)9-14)22-17-4-1-5-18(11-17)24-13-15-3-2-8-21-12-15/h1-8,11-12,14,16,19H,9-10,13H2,(H,22,23)/t14-,16+,19?/m0/s1. The number of allylic oxidation sites excluding steroid dienone is 2. The molecule has 122 valence electrons. The van der Waals surface area contributed by atoms with Crippen LogP contribution in [0.2, 0.25) is 0 Å². The van der Waals surface area contributed by atoms with Crippen LogP contribution in [0.3, 0.4) is 0 Å². The van der Waals surface area contributed by atoms with Crippen LogP contribution in [0.1, 0.15) is 18.4 Å². The number of fused-ring (bicyclic) bond motifs is 2. The van der Waals surface area contributed by atoms with Gasteiger partial charge >= 0.3 is 0 Å². The second kappa shape index (κ2) is 6.48. The van der Waals surface area contributed by atoms with Gasteiger partial charge < -0.3 is 10.1 Å². The van der Waals surface area contributed by atoms with E-state index in [0.29, 0.717) is 18.4 Å². The van der Waals surface area contributed by atoms with Gasteiger partial charge in [-0.15, -0.1) is 0 Å². The van der Waals surface area contributed by atoms with Crippen LogP contribution in [-0.4, -0.2) is 10.9 Å². The lowest BCUT2D eigenvalue weighted by Crippen LogP contribution is -2.25. The molecule has 2 aliphatic rings. The Morgan fingerprint density at radius 2 is 2.17 bits per heavy atom. The lowest BCUT2D eigenvalue weighted by atomic mass is 9.93. The molecule has 1 aromatic heterocycles. The number of hydrogen-bond acceptors (Lipinski definition) is 3. The molecule has 2 aliphatic carbocycles. The number of hydrogen-bond donors (Lipinski definition) is 1. The van der Waals surface area contributed by atoms with Gasteiger partial charge in [-0.1, -0.05) is 24.3 Å². The van der Waals surface area contributed by atoms with Gasteiger partial charge in [0, 0.05) is 35.6 Å². The van der Waals surface area contributed by atoms with Crippen LogP contribution < -0.4 is 10.1 Å². The maximum absolute atomic E-state index is 12.5. The molecule has 1 saturated carbocycles. The van der Waals surface area contributed by atoms with Gasteiger partial charge in [0.1, 0.15) is 12.4 Å². The van der Waals surface area contributed by atoms with E-state index in [1.54, 1.807) is 12.4 Å². The Hall–Kier alpha value is -2.62. The molecule has 4 heteroatoms. The van der Waals surface area contributed by atoms with Gasteiger partial charge in [0.25, 0.3) is 0 Å². The first kappa shape index (κ1) is 14.9. The molecule has 3 atom stereocenters. The van der Waals surface area contributed by atoms with Crippen LogP contribution in [0.5, 0.6) is 5.75 Å². The number of aromatic nitrogens is 1. The van der Waals surface area contributed by atoms with Crippen molar-refractivity contribution in [3.05, 3.63) is 66.5 Å². The first-order valence-electron chi connectivity index (χ1n) is 8.39. The Labute approximate surface area is 141 Å². The summed E-state index contributed by atoms with van der Waals surface area (Å²) in [6.45, 7) is 0.461. The second-order valence-electron chi connectivity index (χ2n) is 6.55. The molecule has 0 aliphatic heterocycles. The highest BCUT2D eigenvalue weighted by atomic mass is 16.5. The van der Waals surface area contributed by atoms with Crippen molar-refractivity contribution in [2.45, 2.75) is 19.4 Å². The number of rotatable bonds is 5. The third kappa shape index (κ3) is 3.18. The Morgan fingerprint density at radius 3 is 2.92 bits per heavy atom. The Balaban J connectivity index is 1.37. The van der Waals surface area contributed by atoms with E-state index in [2.05, 4.69) is 22.5 Å². The second-order valence-corrected chi connectivity index (χ2v) is 6.55. The highest BCUT2D eigenvalue weighted by Gasteiger charge is 2.39. The SMILES string of the molecule is O=C(Nc1cccc(OCc2cccnc2)c1)C1C[C@H]2C=C[C@@H]1C2. The average Bonchev–Trinajstić information content (AvgIpc) is 3.25. The highest BCUT2D eigenvalue weighted by Crippen LogP contribution is 2.43. The molecule has 2 bridgehead atoms. The fourth-order valence-corrected chi connectivity index (χ4v) is 3.63. The summed E-state index contributed by atoms with van der Waals surface area (Å²) in [5.41, 5.74) is 1.80. The molecule has 1 aromatic carbocycles. The van der Waals surface area contributed by atoms with Crippen molar-refractivity contribution in [3.63, 3.8) is 0 Å². The maximum atomic E-state index is 12.5. The zero-order valence-electron chi connectivity index (χ0n) is 13.4. The Morgan fingerprint density at radius 1 is 1.21 bits per heavy atom. The molecule has 2 aromatic rings. The quantitative estimate of drug-likeness (QED) is 0.852. The minimum atomic E-state index is 0.111. The number of amides is 1. The zero-order chi connectivity index (χ0) is 16.4. The number of anilines is 1. The summed E-state index contributed by atoms with van der Waals surface area (Å²) in [4.78, 5) is 16.6. The summed E-state index contributed by atoms with van der Waals surface area (Å²) in [5, 5.41) is 3.04. The lowest BCUT2D eigenvalue weighted by Gasteiger charge is -2.18. The van der Waals surface area contributed by atoms with E-state index in [9.17, 15) is 4.79 Å². The van der Waals surface area contributed by atoms with Crippen LogP contribution in [-0.2, 0) is 11.4 Å². The number of nitrogens with zero attached hydrogens (tertiary/aromatic N) is 1. The van der Waals surface area contributed by atoms with Crippen LogP contribution in [0.15, 0.2) is 60.9 Å². The fraction of sp³-hybridized carbons (Fsp3) is 0.300. The van der Waals surface area contributed by atoms with Crippen molar-refractivity contribution in [2.24, 2.45) is 17.8 Å². The third-order valence-electron chi connectivity index (χ3n) is 4.85. The zero-order valence-corrected chi connectivity index (χ0v) is 13.4. The van der Waals surface area contributed by atoms with Crippen molar-refractivity contribution in [2.75, 3.05) is 5.32 Å². The normalized spacial score (nSPS) is 24.1. The van der Waals surface area contributed by atoms with Gasteiger partial charge in [-0.3, -0.25) is 9.78 Å². The van der Waals surface area contributed by atoms with Crippen LogP contribution in [0.25, 0.3) is 0 Å². The molecule has 0 radical (unpaired) electrons. The fourth-order valence-electron chi connectivity index (χ4n) is 3.63. The molecule has 1 unspecified atom stereocenters. The van der Waals surface area contributed by atoms with Gasteiger partial charge in [0.15, 0.2) is 0 Å². The molecule has 0 spiro atoms. The monoisotopic (exact) mass is 320 g/mol. The summed E-state index contributed by atoms with van der Waals surface area (Å²) < 4.78 is 5.79. The number of carbonyl (C=O) groups is 1. The largest absolute Gasteiger partial charge is 0.489 e. The van der Waals surface area contributed by atoms with Gasteiger partial charge in [0.2, 0.25) is 5.91 Å². The smallest absolute Gasteiger partial charge is 0.228 e. The van der Waals surface area contributed by atoms with Gasteiger partial charge in [-0.25, -0.2) is 0 Å². The number of nitrogens with one attached hydrogen (secondary N) is 1. The van der Waals surface area contributed by atoms with Crippen LogP contribution in [0.4, 0.5) is 5.69 Å². The van der Waals surface area contributed by atoms with Gasteiger partial charge in [-0.05, 0) is 42.9 Å². The average molecular weight is 320 g/mol. The van der Waals surface area contributed by atoms with Crippen molar-refractivity contribution in [3.8, 4) is 5.75 Å². The van der Waals surface area contributed by atoms with Gasteiger partial charge in [0.05, 0.1) is 0 Å². The van der Waals surface area contributed by atoms with Crippen LogP contribution >= 0.6 is 0 Å². The Kier molecular flexibility index (Phi) is 4.03. The summed E-state index contributed by atoms with van der Waals surface area (Å²) in [6.07, 6.45) is 10.1. The molecule has 4 nitrogen and oxygen atoms in total. The Bertz CT molecular complexity index is 757. The van der Waals surface area contributed by atoms with E-state index >= 15 is 0 Å². The molecule has 1 amide bonds. The predicted octanol–water partition coefficient (Wildman–Crippen LogP) is 3.81. The predicted molar refractivity (Wildman–Crippen MR) is 92.5 cm³/mol. The van der Waals surface area contributed by atoms with E-state index < -0.39 is 0 Å². The van der Waals surface area contributed by atoms with E-state index in [0.717, 1.165) is 29.8 Å². The molecule has 1 heterocycles. The first-order valence-corrected chi connectivity index (χ1v) is 8.39. The third-order valence-corrected chi connectivity index (χ3v) is 4.85. The molecule has 24 heavy (non-hydrogen) atoms. The molecule has 1 N–H and O–H groups in total. The van der Waals surface area contributed by atoms with E-state index in [1.807, 2.05) is 36.4 Å². The summed E-state index contributed by atoms with van der Waals surface area (Å²) >= 11 is 0. The molecule has 1 fully saturated rings. The first-order chi connectivity index (χ1) is 11.8. The number of carbonyl (C=O) groups excluding carboxylic acids is 1. The number of pyridine rings is 1. The topological polar surface area (TPSA) is 51.2 Å². The molecular formula is C20H20N2O2. The summed E-state index contributed by atoms with van der Waals surface area (Å²) in [5.74, 6) is 1.99. The number of benzene rings is 1. The number of ether oxygens (including phenoxy) is 1. The van der Waals surface area contributed by atoms with Crippen LogP contribution in [0, 0.1) is 17.8 Å². The van der Waals surface area contributed by atoms with Crippen molar-refractivity contribution in [1.29, 1.82) is 0 Å². The molecule has 0 saturated heterocycles. The van der Waals surface area contributed by atoms with Crippen molar-refractivity contribution in [1.82, 2.24) is 4.98 Å². The minimum absolute atomic E-state index is 0.111. The summed E-state index contributed by atoms with van der Waals surface area (Å²) in [7, 11) is 0. The minimum Gasteiger partial charge on any atom is -0.489 e. The summed E-state index contributed by atoms with van der Waals surface area (Å²) in [6, 6.07) is 11.4. The van der Waals surface area contributed by atoms with E-state index in [1.165, 1.54) is 0 Å². The van der Waals surface area contributed by atoms with Crippen molar-refractivity contribution >= 4 is 11.6 Å². The lowest BCUT2D eigenvalue weighted by molar-refractivity contribution is -0.120. The molecular weight excluding hydrogens is 300 g/mol. The maximum Gasteiger partial charge on any atom is 0.228 e. The van der Waals surface area contributed by atoms with E-state index in [4.69, 9.17) is 4.74 Å². The highest BCUT2D eigenvalue weighted by molar-refractivity contribution is 5.93. The molecule has 4 rings (SSSR count). The van der Waals surface area contributed by atoms with E-state index in [-0.39, 0.29) is 11.8 Å². The van der Waals surface area contributed by atoms with Gasteiger partial charge in [-0.2, -0.15) is 0 Å².